The van der Waals surface area contributed by atoms with E-state index >= 15 is 0 Å². The summed E-state index contributed by atoms with van der Waals surface area (Å²) in [6.07, 6.45) is 5.45. The van der Waals surface area contributed by atoms with Crippen LogP contribution in [0.25, 0.3) is 0 Å². The lowest BCUT2D eigenvalue weighted by Gasteiger charge is -2.11. The van der Waals surface area contributed by atoms with Crippen LogP contribution in [-0.2, 0) is 7.05 Å². The van der Waals surface area contributed by atoms with Crippen LogP contribution >= 0.6 is 0 Å². The van der Waals surface area contributed by atoms with E-state index in [1.807, 2.05) is 49.0 Å². The smallest absolute Gasteiger partial charge is 0.150 e. The van der Waals surface area contributed by atoms with E-state index in [1.54, 1.807) is 19.5 Å². The summed E-state index contributed by atoms with van der Waals surface area (Å²) in [5, 5.41) is 0. The standard InChI is InChI=1S/C14H17N3O/c1-11(12-6-4-5-7-13(12)18-3)16-10-14-15-8-9-17(14)2/h4-11H,1-3H3. The Kier molecular flexibility index (Phi) is 3.77. The third kappa shape index (κ3) is 2.59. The number of rotatable bonds is 4. The van der Waals surface area contributed by atoms with Gasteiger partial charge in [0.2, 0.25) is 0 Å². The second-order valence-electron chi connectivity index (χ2n) is 4.09. The Balaban J connectivity index is 2.19. The summed E-state index contributed by atoms with van der Waals surface area (Å²) in [4.78, 5) is 8.72. The monoisotopic (exact) mass is 243 g/mol. The minimum absolute atomic E-state index is 0.0397. The minimum atomic E-state index is 0.0397. The summed E-state index contributed by atoms with van der Waals surface area (Å²) in [6.45, 7) is 2.04. The predicted molar refractivity (Wildman–Crippen MR) is 72.2 cm³/mol. The summed E-state index contributed by atoms with van der Waals surface area (Å²) in [6, 6.07) is 7.96. The maximum Gasteiger partial charge on any atom is 0.150 e. The van der Waals surface area contributed by atoms with Gasteiger partial charge < -0.3 is 9.30 Å². The van der Waals surface area contributed by atoms with E-state index in [0.717, 1.165) is 17.1 Å². The molecule has 0 amide bonds. The Morgan fingerprint density at radius 1 is 1.39 bits per heavy atom. The fourth-order valence-corrected chi connectivity index (χ4v) is 1.77. The molecule has 0 bridgehead atoms. The molecular formula is C14H17N3O. The molecule has 1 unspecified atom stereocenters. The molecule has 0 aliphatic heterocycles. The molecule has 0 aliphatic rings. The highest BCUT2D eigenvalue weighted by Gasteiger charge is 2.08. The Hall–Kier alpha value is -2.10. The Morgan fingerprint density at radius 3 is 2.83 bits per heavy atom. The molecule has 0 N–H and O–H groups in total. The highest BCUT2D eigenvalue weighted by atomic mass is 16.5. The van der Waals surface area contributed by atoms with Crippen molar-refractivity contribution in [1.29, 1.82) is 0 Å². The second kappa shape index (κ2) is 5.49. The van der Waals surface area contributed by atoms with Crippen molar-refractivity contribution >= 4 is 6.21 Å². The van der Waals surface area contributed by atoms with Crippen molar-refractivity contribution in [3.05, 3.63) is 48.0 Å². The molecule has 1 atom stereocenters. The molecule has 4 heteroatoms. The molecule has 0 radical (unpaired) electrons. The molecule has 1 aromatic heterocycles. The number of methoxy groups -OCH3 is 1. The van der Waals surface area contributed by atoms with Gasteiger partial charge in [-0.25, -0.2) is 4.98 Å². The number of nitrogens with zero attached hydrogens (tertiary/aromatic N) is 3. The van der Waals surface area contributed by atoms with Crippen LogP contribution in [0, 0.1) is 0 Å². The maximum atomic E-state index is 5.33. The van der Waals surface area contributed by atoms with Crippen LogP contribution in [0.4, 0.5) is 0 Å². The zero-order valence-electron chi connectivity index (χ0n) is 10.9. The summed E-state index contributed by atoms with van der Waals surface area (Å²) < 4.78 is 7.26. The van der Waals surface area contributed by atoms with Crippen molar-refractivity contribution in [3.8, 4) is 5.75 Å². The van der Waals surface area contributed by atoms with E-state index in [-0.39, 0.29) is 6.04 Å². The number of aliphatic imine (C=N–C) groups is 1. The van der Waals surface area contributed by atoms with Crippen LogP contribution in [0.3, 0.4) is 0 Å². The number of hydrogen-bond donors (Lipinski definition) is 0. The first-order chi connectivity index (χ1) is 8.72. The van der Waals surface area contributed by atoms with E-state index < -0.39 is 0 Å². The third-order valence-electron chi connectivity index (χ3n) is 2.86. The van der Waals surface area contributed by atoms with Crippen molar-refractivity contribution in [3.63, 3.8) is 0 Å². The lowest BCUT2D eigenvalue weighted by Crippen LogP contribution is -1.99. The average molecular weight is 243 g/mol. The molecule has 0 aliphatic carbocycles. The van der Waals surface area contributed by atoms with Crippen molar-refractivity contribution in [2.24, 2.45) is 12.0 Å². The van der Waals surface area contributed by atoms with Crippen LogP contribution in [-0.4, -0.2) is 22.9 Å². The van der Waals surface area contributed by atoms with Crippen molar-refractivity contribution < 1.29 is 4.74 Å². The third-order valence-corrected chi connectivity index (χ3v) is 2.86. The molecule has 2 aromatic rings. The van der Waals surface area contributed by atoms with Gasteiger partial charge in [-0.3, -0.25) is 4.99 Å². The van der Waals surface area contributed by atoms with E-state index in [4.69, 9.17) is 4.74 Å². The fraction of sp³-hybridized carbons (Fsp3) is 0.286. The van der Waals surface area contributed by atoms with Crippen molar-refractivity contribution in [2.45, 2.75) is 13.0 Å². The molecule has 4 nitrogen and oxygen atoms in total. The lowest BCUT2D eigenvalue weighted by atomic mass is 10.1. The van der Waals surface area contributed by atoms with E-state index in [1.165, 1.54) is 0 Å². The SMILES string of the molecule is COc1ccccc1C(C)N=Cc1nccn1C. The first kappa shape index (κ1) is 12.4. The number of para-hydroxylation sites is 1. The summed E-state index contributed by atoms with van der Waals surface area (Å²) in [7, 11) is 3.62. The Morgan fingerprint density at radius 2 is 2.17 bits per heavy atom. The molecule has 1 heterocycles. The van der Waals surface area contributed by atoms with Crippen LogP contribution < -0.4 is 4.74 Å². The number of benzene rings is 1. The molecule has 0 spiro atoms. The average Bonchev–Trinajstić information content (AvgIpc) is 2.81. The molecule has 2 rings (SSSR count). The fourth-order valence-electron chi connectivity index (χ4n) is 1.77. The quantitative estimate of drug-likeness (QED) is 0.774. The van der Waals surface area contributed by atoms with Crippen LogP contribution in [0.5, 0.6) is 5.75 Å². The van der Waals surface area contributed by atoms with E-state index in [2.05, 4.69) is 9.98 Å². The summed E-state index contributed by atoms with van der Waals surface area (Å²) >= 11 is 0. The number of imidazole rings is 1. The van der Waals surface area contributed by atoms with Gasteiger partial charge >= 0.3 is 0 Å². The van der Waals surface area contributed by atoms with Crippen LogP contribution in [0.1, 0.15) is 24.4 Å². The normalized spacial score (nSPS) is 12.8. The van der Waals surface area contributed by atoms with Gasteiger partial charge in [0.05, 0.1) is 19.4 Å². The molecule has 94 valence electrons. The van der Waals surface area contributed by atoms with E-state index in [9.17, 15) is 0 Å². The number of aryl methyl sites for hydroxylation is 1. The van der Waals surface area contributed by atoms with Gasteiger partial charge in [0, 0.05) is 25.0 Å². The second-order valence-corrected chi connectivity index (χ2v) is 4.09. The van der Waals surface area contributed by atoms with E-state index in [0.29, 0.717) is 0 Å². The molecule has 0 saturated heterocycles. The molecule has 18 heavy (non-hydrogen) atoms. The van der Waals surface area contributed by atoms with Gasteiger partial charge in [-0.2, -0.15) is 0 Å². The van der Waals surface area contributed by atoms with Gasteiger partial charge in [-0.05, 0) is 13.0 Å². The first-order valence-electron chi connectivity index (χ1n) is 5.85. The van der Waals surface area contributed by atoms with Gasteiger partial charge in [0.25, 0.3) is 0 Å². The summed E-state index contributed by atoms with van der Waals surface area (Å²) in [5.74, 6) is 1.71. The van der Waals surface area contributed by atoms with Crippen LogP contribution in [0.15, 0.2) is 41.7 Å². The summed E-state index contributed by atoms with van der Waals surface area (Å²) in [5.41, 5.74) is 1.07. The number of hydrogen-bond acceptors (Lipinski definition) is 3. The topological polar surface area (TPSA) is 39.4 Å². The van der Waals surface area contributed by atoms with Crippen molar-refractivity contribution in [2.75, 3.05) is 7.11 Å². The first-order valence-corrected chi connectivity index (χ1v) is 5.85. The molecule has 1 aromatic carbocycles. The predicted octanol–water partition coefficient (Wildman–Crippen LogP) is 2.61. The molecular weight excluding hydrogens is 226 g/mol. The highest BCUT2D eigenvalue weighted by molar-refractivity contribution is 5.75. The minimum Gasteiger partial charge on any atom is -0.496 e. The number of ether oxygens (including phenoxy) is 1. The highest BCUT2D eigenvalue weighted by Crippen LogP contribution is 2.26. The zero-order chi connectivity index (χ0) is 13.0. The van der Waals surface area contributed by atoms with Gasteiger partial charge in [-0.1, -0.05) is 18.2 Å². The number of aromatic nitrogens is 2. The largest absolute Gasteiger partial charge is 0.496 e. The molecule has 0 saturated carbocycles. The Bertz CT molecular complexity index is 545. The zero-order valence-corrected chi connectivity index (χ0v) is 10.9. The van der Waals surface area contributed by atoms with Crippen molar-refractivity contribution in [1.82, 2.24) is 9.55 Å². The molecule has 0 fully saturated rings. The maximum absolute atomic E-state index is 5.33. The Labute approximate surface area is 107 Å². The van der Waals surface area contributed by atoms with Gasteiger partial charge in [0.1, 0.15) is 11.6 Å². The van der Waals surface area contributed by atoms with Gasteiger partial charge in [-0.15, -0.1) is 0 Å². The van der Waals surface area contributed by atoms with Gasteiger partial charge in [0.15, 0.2) is 0 Å². The van der Waals surface area contributed by atoms with Crippen LogP contribution in [0.2, 0.25) is 0 Å². The lowest BCUT2D eigenvalue weighted by molar-refractivity contribution is 0.407.